The molecule has 0 saturated carbocycles. The van der Waals surface area contributed by atoms with E-state index in [-0.39, 0.29) is 0 Å². The van der Waals surface area contributed by atoms with Crippen molar-refractivity contribution in [2.45, 2.75) is 40.2 Å². The van der Waals surface area contributed by atoms with E-state index in [1.54, 1.807) is 4.68 Å². The highest BCUT2D eigenvalue weighted by molar-refractivity contribution is 5.54. The molecule has 4 nitrogen and oxygen atoms in total. The van der Waals surface area contributed by atoms with Crippen LogP contribution in [0.15, 0.2) is 24.3 Å². The molecule has 0 aliphatic carbocycles. The Morgan fingerprint density at radius 3 is 2.63 bits per heavy atom. The summed E-state index contributed by atoms with van der Waals surface area (Å²) in [6.45, 7) is 8.94. The predicted octanol–water partition coefficient (Wildman–Crippen LogP) is 3.71. The predicted molar refractivity (Wildman–Crippen MR) is 77.7 cm³/mol. The van der Waals surface area contributed by atoms with Gasteiger partial charge in [-0.05, 0) is 31.4 Å². The zero-order chi connectivity index (χ0) is 14.0. The number of para-hydroxylation sites is 1. The molecule has 2 N–H and O–H groups in total. The van der Waals surface area contributed by atoms with Crippen molar-refractivity contribution < 1.29 is 4.74 Å². The summed E-state index contributed by atoms with van der Waals surface area (Å²) in [4.78, 5) is 0. The molecule has 2 rings (SSSR count). The highest BCUT2D eigenvalue weighted by Crippen LogP contribution is 2.34. The number of anilines is 1. The van der Waals surface area contributed by atoms with Gasteiger partial charge in [0.25, 0.3) is 0 Å². The van der Waals surface area contributed by atoms with E-state index in [9.17, 15) is 0 Å². The molecular weight excluding hydrogens is 238 g/mol. The van der Waals surface area contributed by atoms with Crippen molar-refractivity contribution in [3.63, 3.8) is 0 Å². The van der Waals surface area contributed by atoms with Gasteiger partial charge in [-0.2, -0.15) is 5.10 Å². The average Bonchev–Trinajstić information content (AvgIpc) is 2.67. The molecule has 1 aromatic carbocycles. The average molecular weight is 259 g/mol. The van der Waals surface area contributed by atoms with Gasteiger partial charge in [0.2, 0.25) is 5.88 Å². The zero-order valence-electron chi connectivity index (χ0n) is 12.0. The van der Waals surface area contributed by atoms with Gasteiger partial charge >= 0.3 is 0 Å². The lowest BCUT2D eigenvalue weighted by molar-refractivity contribution is 0.412. The Labute approximate surface area is 114 Å². The van der Waals surface area contributed by atoms with E-state index in [0.29, 0.717) is 17.5 Å². The minimum atomic E-state index is 0.400. The second kappa shape index (κ2) is 5.34. The molecule has 0 atom stereocenters. The van der Waals surface area contributed by atoms with Gasteiger partial charge in [0, 0.05) is 6.54 Å². The Balaban J connectivity index is 2.42. The van der Waals surface area contributed by atoms with Crippen LogP contribution in [-0.2, 0) is 6.54 Å². The molecule has 0 fully saturated rings. The third-order valence-electron chi connectivity index (χ3n) is 3.17. The second-order valence-corrected chi connectivity index (χ2v) is 4.91. The van der Waals surface area contributed by atoms with Crippen molar-refractivity contribution in [3.05, 3.63) is 35.5 Å². The van der Waals surface area contributed by atoms with Gasteiger partial charge in [0.05, 0.1) is 5.69 Å². The molecule has 0 radical (unpaired) electrons. The molecule has 2 aromatic rings. The SMILES string of the molecule is CCn1nc(C)c(N)c1Oc1ccccc1C(C)C. The number of nitrogens with zero attached hydrogens (tertiary/aromatic N) is 2. The first kappa shape index (κ1) is 13.5. The monoisotopic (exact) mass is 259 g/mol. The molecule has 0 aliphatic heterocycles. The van der Waals surface area contributed by atoms with Gasteiger partial charge in [-0.1, -0.05) is 32.0 Å². The molecule has 0 bridgehead atoms. The van der Waals surface area contributed by atoms with Crippen LogP contribution >= 0.6 is 0 Å². The van der Waals surface area contributed by atoms with Crippen molar-refractivity contribution in [1.82, 2.24) is 9.78 Å². The smallest absolute Gasteiger partial charge is 0.241 e. The van der Waals surface area contributed by atoms with Crippen LogP contribution in [0.2, 0.25) is 0 Å². The third-order valence-corrected chi connectivity index (χ3v) is 3.17. The molecule has 0 amide bonds. The zero-order valence-corrected chi connectivity index (χ0v) is 12.0. The number of benzene rings is 1. The summed E-state index contributed by atoms with van der Waals surface area (Å²) in [5, 5.41) is 4.37. The maximum atomic E-state index is 6.04. The van der Waals surface area contributed by atoms with E-state index in [0.717, 1.165) is 18.0 Å². The van der Waals surface area contributed by atoms with Crippen molar-refractivity contribution in [3.8, 4) is 11.6 Å². The van der Waals surface area contributed by atoms with E-state index in [4.69, 9.17) is 10.5 Å². The highest BCUT2D eigenvalue weighted by Gasteiger charge is 2.16. The van der Waals surface area contributed by atoms with Gasteiger partial charge in [-0.15, -0.1) is 0 Å². The first-order valence-corrected chi connectivity index (χ1v) is 6.64. The third kappa shape index (κ3) is 2.57. The van der Waals surface area contributed by atoms with Crippen LogP contribution in [0, 0.1) is 6.92 Å². The number of aromatic nitrogens is 2. The van der Waals surface area contributed by atoms with Crippen molar-refractivity contribution in [1.29, 1.82) is 0 Å². The van der Waals surface area contributed by atoms with E-state index in [2.05, 4.69) is 25.0 Å². The van der Waals surface area contributed by atoms with Gasteiger partial charge in [0.1, 0.15) is 11.4 Å². The summed E-state index contributed by atoms with van der Waals surface area (Å²) in [6, 6.07) is 8.04. The standard InChI is InChI=1S/C15H21N3O/c1-5-18-15(14(16)11(4)17-18)19-13-9-7-6-8-12(13)10(2)3/h6-10H,5,16H2,1-4H3. The molecule has 1 heterocycles. The van der Waals surface area contributed by atoms with Gasteiger partial charge in [-0.3, -0.25) is 0 Å². The van der Waals surface area contributed by atoms with Crippen LogP contribution in [0.3, 0.4) is 0 Å². The van der Waals surface area contributed by atoms with Crippen LogP contribution in [0.4, 0.5) is 5.69 Å². The van der Waals surface area contributed by atoms with E-state index >= 15 is 0 Å². The van der Waals surface area contributed by atoms with Crippen LogP contribution in [-0.4, -0.2) is 9.78 Å². The molecular formula is C15H21N3O. The van der Waals surface area contributed by atoms with Crippen molar-refractivity contribution in [2.75, 3.05) is 5.73 Å². The van der Waals surface area contributed by atoms with Crippen molar-refractivity contribution >= 4 is 5.69 Å². The topological polar surface area (TPSA) is 53.1 Å². The molecule has 0 spiro atoms. The summed E-state index contributed by atoms with van der Waals surface area (Å²) < 4.78 is 7.81. The fourth-order valence-corrected chi connectivity index (χ4v) is 2.05. The van der Waals surface area contributed by atoms with Crippen LogP contribution < -0.4 is 10.5 Å². The van der Waals surface area contributed by atoms with Gasteiger partial charge in [0.15, 0.2) is 0 Å². The molecule has 19 heavy (non-hydrogen) atoms. The van der Waals surface area contributed by atoms with Crippen LogP contribution in [0.25, 0.3) is 0 Å². The largest absolute Gasteiger partial charge is 0.437 e. The minimum Gasteiger partial charge on any atom is -0.437 e. The summed E-state index contributed by atoms with van der Waals surface area (Å²) in [7, 11) is 0. The lowest BCUT2D eigenvalue weighted by Gasteiger charge is -2.14. The maximum absolute atomic E-state index is 6.04. The molecule has 0 saturated heterocycles. The first-order valence-electron chi connectivity index (χ1n) is 6.64. The number of hydrogen-bond acceptors (Lipinski definition) is 3. The second-order valence-electron chi connectivity index (χ2n) is 4.91. The molecule has 1 aromatic heterocycles. The molecule has 0 aliphatic rings. The molecule has 0 unspecified atom stereocenters. The highest BCUT2D eigenvalue weighted by atomic mass is 16.5. The Kier molecular flexibility index (Phi) is 3.79. The van der Waals surface area contributed by atoms with Gasteiger partial charge in [-0.25, -0.2) is 4.68 Å². The minimum absolute atomic E-state index is 0.400. The lowest BCUT2D eigenvalue weighted by atomic mass is 10.0. The quantitative estimate of drug-likeness (QED) is 0.910. The number of hydrogen-bond donors (Lipinski definition) is 1. The number of ether oxygens (including phenoxy) is 1. The number of aryl methyl sites for hydroxylation is 2. The summed E-state index contributed by atoms with van der Waals surface area (Å²) in [5.74, 6) is 1.88. The number of nitrogens with two attached hydrogens (primary N) is 1. The fourth-order valence-electron chi connectivity index (χ4n) is 2.05. The number of rotatable bonds is 4. The Morgan fingerprint density at radius 1 is 1.32 bits per heavy atom. The van der Waals surface area contributed by atoms with Gasteiger partial charge < -0.3 is 10.5 Å². The molecule has 102 valence electrons. The van der Waals surface area contributed by atoms with Crippen LogP contribution in [0.5, 0.6) is 11.6 Å². The molecule has 4 heteroatoms. The maximum Gasteiger partial charge on any atom is 0.241 e. The van der Waals surface area contributed by atoms with Crippen molar-refractivity contribution in [2.24, 2.45) is 0 Å². The normalized spacial score (nSPS) is 11.0. The Bertz CT molecular complexity index is 573. The Hall–Kier alpha value is -1.97. The Morgan fingerprint density at radius 2 is 2.00 bits per heavy atom. The van der Waals surface area contributed by atoms with E-state index in [1.807, 2.05) is 32.0 Å². The summed E-state index contributed by atoms with van der Waals surface area (Å²) >= 11 is 0. The lowest BCUT2D eigenvalue weighted by Crippen LogP contribution is -2.02. The summed E-state index contributed by atoms with van der Waals surface area (Å²) in [6.07, 6.45) is 0. The number of nitrogen functional groups attached to an aromatic ring is 1. The van der Waals surface area contributed by atoms with E-state index in [1.165, 1.54) is 5.56 Å². The van der Waals surface area contributed by atoms with Crippen LogP contribution in [0.1, 0.15) is 37.9 Å². The summed E-state index contributed by atoms with van der Waals surface area (Å²) in [5.41, 5.74) is 8.63. The van der Waals surface area contributed by atoms with E-state index < -0.39 is 0 Å². The first-order chi connectivity index (χ1) is 9.04. The fraction of sp³-hybridized carbons (Fsp3) is 0.400.